The highest BCUT2D eigenvalue weighted by atomic mass is 16.2. The van der Waals surface area contributed by atoms with Crippen LogP contribution in [-0.4, -0.2) is 24.5 Å². The summed E-state index contributed by atoms with van der Waals surface area (Å²) in [5.41, 5.74) is 1.15. The van der Waals surface area contributed by atoms with E-state index in [-0.39, 0.29) is 6.03 Å². The lowest BCUT2D eigenvalue weighted by atomic mass is 9.99. The van der Waals surface area contributed by atoms with E-state index in [0.717, 1.165) is 18.5 Å². The molecule has 0 aromatic heterocycles. The maximum Gasteiger partial charge on any atom is 0.317 e. The van der Waals surface area contributed by atoms with Crippen molar-refractivity contribution in [2.45, 2.75) is 33.7 Å². The summed E-state index contributed by atoms with van der Waals surface area (Å²) in [6.45, 7) is 7.98. The molecule has 0 spiro atoms. The summed E-state index contributed by atoms with van der Waals surface area (Å²) in [7, 11) is 1.83. The van der Waals surface area contributed by atoms with Crippen molar-refractivity contribution in [2.24, 2.45) is 11.8 Å². The molecule has 0 radical (unpaired) electrons. The Hall–Kier alpha value is -1.51. The zero-order chi connectivity index (χ0) is 14.3. The number of carbonyl (C=O) groups is 1. The lowest BCUT2D eigenvalue weighted by Gasteiger charge is -2.20. The van der Waals surface area contributed by atoms with Gasteiger partial charge < -0.3 is 10.2 Å². The molecule has 3 nitrogen and oxygen atoms in total. The van der Waals surface area contributed by atoms with Crippen LogP contribution in [0.15, 0.2) is 30.3 Å². The van der Waals surface area contributed by atoms with E-state index in [0.29, 0.717) is 18.4 Å². The summed E-state index contributed by atoms with van der Waals surface area (Å²) in [4.78, 5) is 13.7. The van der Waals surface area contributed by atoms with Crippen LogP contribution in [0.2, 0.25) is 0 Å². The van der Waals surface area contributed by atoms with Gasteiger partial charge in [0, 0.05) is 20.1 Å². The third-order valence-corrected chi connectivity index (χ3v) is 3.08. The Labute approximate surface area is 117 Å². The van der Waals surface area contributed by atoms with Crippen LogP contribution in [0.1, 0.15) is 32.8 Å². The van der Waals surface area contributed by atoms with Crippen LogP contribution in [0, 0.1) is 11.8 Å². The van der Waals surface area contributed by atoms with Crippen LogP contribution in [0.4, 0.5) is 4.79 Å². The van der Waals surface area contributed by atoms with Crippen LogP contribution in [0.5, 0.6) is 0 Å². The molecule has 19 heavy (non-hydrogen) atoms. The quantitative estimate of drug-likeness (QED) is 0.836. The molecular weight excluding hydrogens is 236 g/mol. The first-order valence-electron chi connectivity index (χ1n) is 7.02. The molecule has 0 aliphatic heterocycles. The average molecular weight is 262 g/mol. The van der Waals surface area contributed by atoms with Crippen LogP contribution in [0.3, 0.4) is 0 Å². The van der Waals surface area contributed by atoms with Crippen molar-refractivity contribution in [1.82, 2.24) is 10.2 Å². The lowest BCUT2D eigenvalue weighted by Crippen LogP contribution is -2.39. The second kappa shape index (κ2) is 7.82. The maximum absolute atomic E-state index is 12.0. The minimum absolute atomic E-state index is 0.000501. The Kier molecular flexibility index (Phi) is 6.40. The molecule has 3 heteroatoms. The molecule has 1 aromatic rings. The van der Waals surface area contributed by atoms with Gasteiger partial charge in [-0.15, -0.1) is 0 Å². The first kappa shape index (κ1) is 15.5. The monoisotopic (exact) mass is 262 g/mol. The number of amides is 2. The Morgan fingerprint density at radius 2 is 1.84 bits per heavy atom. The summed E-state index contributed by atoms with van der Waals surface area (Å²) < 4.78 is 0. The van der Waals surface area contributed by atoms with Crippen molar-refractivity contribution in [1.29, 1.82) is 0 Å². The molecule has 0 saturated heterocycles. The Morgan fingerprint density at radius 3 is 2.42 bits per heavy atom. The lowest BCUT2D eigenvalue weighted by molar-refractivity contribution is 0.204. The fraction of sp³-hybridized carbons (Fsp3) is 0.562. The summed E-state index contributed by atoms with van der Waals surface area (Å²) in [5.74, 6) is 1.20. The summed E-state index contributed by atoms with van der Waals surface area (Å²) in [6.07, 6.45) is 1.14. The maximum atomic E-state index is 12.0. The molecule has 1 rings (SSSR count). The average Bonchev–Trinajstić information content (AvgIpc) is 2.36. The van der Waals surface area contributed by atoms with E-state index >= 15 is 0 Å². The van der Waals surface area contributed by atoms with Gasteiger partial charge in [0.25, 0.3) is 0 Å². The molecule has 1 atom stereocenters. The minimum Gasteiger partial charge on any atom is -0.338 e. The van der Waals surface area contributed by atoms with Gasteiger partial charge in [-0.25, -0.2) is 4.79 Å². The van der Waals surface area contributed by atoms with Crippen LogP contribution < -0.4 is 5.32 Å². The van der Waals surface area contributed by atoms with Gasteiger partial charge in [0.1, 0.15) is 0 Å². The van der Waals surface area contributed by atoms with Crippen LogP contribution >= 0.6 is 0 Å². The molecule has 106 valence electrons. The molecule has 0 saturated carbocycles. The van der Waals surface area contributed by atoms with Gasteiger partial charge in [-0.2, -0.15) is 0 Å². The number of nitrogens with zero attached hydrogens (tertiary/aromatic N) is 1. The van der Waals surface area contributed by atoms with Crippen molar-refractivity contribution < 1.29 is 4.79 Å². The Balaban J connectivity index is 2.33. The van der Waals surface area contributed by atoms with E-state index in [1.165, 1.54) is 0 Å². The summed E-state index contributed by atoms with van der Waals surface area (Å²) in [5, 5.41) is 2.99. The predicted octanol–water partition coefficient (Wildman–Crippen LogP) is 3.51. The van der Waals surface area contributed by atoms with Crippen molar-refractivity contribution in [2.75, 3.05) is 13.6 Å². The molecule has 0 bridgehead atoms. The fourth-order valence-corrected chi connectivity index (χ4v) is 2.21. The SMILES string of the molecule is CC(C)CC(C)CNC(=O)N(C)Cc1ccccc1. The van der Waals surface area contributed by atoms with Crippen molar-refractivity contribution in [3.05, 3.63) is 35.9 Å². The molecule has 2 amide bonds. The van der Waals surface area contributed by atoms with Crippen molar-refractivity contribution >= 4 is 6.03 Å². The second-order valence-electron chi connectivity index (χ2n) is 5.76. The van der Waals surface area contributed by atoms with E-state index in [1.54, 1.807) is 4.90 Å². The van der Waals surface area contributed by atoms with Gasteiger partial charge in [-0.05, 0) is 23.8 Å². The fourth-order valence-electron chi connectivity index (χ4n) is 2.21. The van der Waals surface area contributed by atoms with Crippen LogP contribution in [0.25, 0.3) is 0 Å². The first-order valence-corrected chi connectivity index (χ1v) is 7.02. The number of rotatable bonds is 6. The standard InChI is InChI=1S/C16H26N2O/c1-13(2)10-14(3)11-17-16(19)18(4)12-15-8-6-5-7-9-15/h5-9,13-14H,10-12H2,1-4H3,(H,17,19). The van der Waals surface area contributed by atoms with Gasteiger partial charge in [0.05, 0.1) is 0 Å². The van der Waals surface area contributed by atoms with E-state index in [1.807, 2.05) is 37.4 Å². The molecule has 0 heterocycles. The van der Waals surface area contributed by atoms with Gasteiger partial charge >= 0.3 is 6.03 Å². The zero-order valence-corrected chi connectivity index (χ0v) is 12.5. The molecular formula is C16H26N2O. The third kappa shape index (κ3) is 6.27. The van der Waals surface area contributed by atoms with E-state index in [4.69, 9.17) is 0 Å². The number of urea groups is 1. The first-order chi connectivity index (χ1) is 8.99. The minimum atomic E-state index is -0.000501. The highest BCUT2D eigenvalue weighted by Crippen LogP contribution is 2.09. The number of carbonyl (C=O) groups excluding carboxylic acids is 1. The van der Waals surface area contributed by atoms with Crippen molar-refractivity contribution in [3.63, 3.8) is 0 Å². The topological polar surface area (TPSA) is 32.3 Å². The molecule has 1 N–H and O–H groups in total. The third-order valence-electron chi connectivity index (χ3n) is 3.08. The predicted molar refractivity (Wildman–Crippen MR) is 79.9 cm³/mol. The number of nitrogens with one attached hydrogen (secondary N) is 1. The molecule has 1 unspecified atom stereocenters. The number of hydrogen-bond donors (Lipinski definition) is 1. The van der Waals surface area contributed by atoms with Crippen molar-refractivity contribution in [3.8, 4) is 0 Å². The molecule has 1 aromatic carbocycles. The Morgan fingerprint density at radius 1 is 1.21 bits per heavy atom. The molecule has 0 fully saturated rings. The smallest absolute Gasteiger partial charge is 0.317 e. The summed E-state index contributed by atoms with van der Waals surface area (Å²) >= 11 is 0. The highest BCUT2D eigenvalue weighted by Gasteiger charge is 2.11. The normalized spacial score (nSPS) is 12.3. The van der Waals surface area contributed by atoms with Gasteiger partial charge in [0.2, 0.25) is 0 Å². The number of benzene rings is 1. The molecule has 0 aliphatic carbocycles. The molecule has 0 aliphatic rings. The second-order valence-corrected chi connectivity index (χ2v) is 5.76. The van der Waals surface area contributed by atoms with Crippen LogP contribution in [-0.2, 0) is 6.54 Å². The van der Waals surface area contributed by atoms with Gasteiger partial charge in [0.15, 0.2) is 0 Å². The highest BCUT2D eigenvalue weighted by molar-refractivity contribution is 5.73. The summed E-state index contributed by atoms with van der Waals surface area (Å²) in [6, 6.07) is 10.0. The van der Waals surface area contributed by atoms with E-state index < -0.39 is 0 Å². The van der Waals surface area contributed by atoms with Gasteiger partial charge in [-0.1, -0.05) is 51.1 Å². The van der Waals surface area contributed by atoms with E-state index in [9.17, 15) is 4.79 Å². The number of hydrogen-bond acceptors (Lipinski definition) is 1. The van der Waals surface area contributed by atoms with Gasteiger partial charge in [-0.3, -0.25) is 0 Å². The zero-order valence-electron chi connectivity index (χ0n) is 12.5. The van der Waals surface area contributed by atoms with E-state index in [2.05, 4.69) is 26.1 Å². The largest absolute Gasteiger partial charge is 0.338 e. The Bertz CT molecular complexity index is 376.